The van der Waals surface area contributed by atoms with Crippen molar-refractivity contribution in [2.45, 2.75) is 44.6 Å². The van der Waals surface area contributed by atoms with E-state index in [2.05, 4.69) is 20.2 Å². The quantitative estimate of drug-likeness (QED) is 0.638. The lowest BCUT2D eigenvalue weighted by molar-refractivity contribution is -0.122. The first-order valence-electron chi connectivity index (χ1n) is 9.66. The predicted octanol–water partition coefficient (Wildman–Crippen LogP) is 1.51. The van der Waals surface area contributed by atoms with E-state index < -0.39 is 5.60 Å². The van der Waals surface area contributed by atoms with Crippen molar-refractivity contribution in [3.8, 4) is 0 Å². The van der Waals surface area contributed by atoms with Gasteiger partial charge in [-0.05, 0) is 51.3 Å². The molecule has 1 saturated heterocycles. The largest absolute Gasteiger partial charge is 0.386 e. The average molecular weight is 371 g/mol. The van der Waals surface area contributed by atoms with Crippen LogP contribution in [0, 0.1) is 6.92 Å². The standard InChI is InChI=1S/C20H29N5O2/c1-15-11-18(16-12-22-9-6-17(16)24-15)25-10-4-7-20(27,14-25)13-23-19(26)5-2-3-8-21/h6,9,11-12,27H,2-5,7-8,10,13-14,21H2,1H3,(H,23,26)/t20-/m1/s1. The third kappa shape index (κ3) is 4.93. The second-order valence-electron chi connectivity index (χ2n) is 7.45. The molecular weight excluding hydrogens is 342 g/mol. The van der Waals surface area contributed by atoms with Crippen molar-refractivity contribution in [1.82, 2.24) is 15.3 Å². The Morgan fingerprint density at radius 2 is 2.30 bits per heavy atom. The number of anilines is 1. The Hall–Kier alpha value is -2.25. The van der Waals surface area contributed by atoms with Gasteiger partial charge in [0.25, 0.3) is 0 Å². The van der Waals surface area contributed by atoms with Gasteiger partial charge in [-0.2, -0.15) is 0 Å². The number of aromatic nitrogens is 2. The minimum atomic E-state index is -0.937. The summed E-state index contributed by atoms with van der Waals surface area (Å²) in [7, 11) is 0. The van der Waals surface area contributed by atoms with E-state index in [1.165, 1.54) is 0 Å². The fourth-order valence-corrected chi connectivity index (χ4v) is 3.69. The number of hydrogen-bond donors (Lipinski definition) is 3. The van der Waals surface area contributed by atoms with Crippen LogP contribution in [0.1, 0.15) is 37.8 Å². The number of carbonyl (C=O) groups is 1. The summed E-state index contributed by atoms with van der Waals surface area (Å²) in [5.41, 5.74) is 7.40. The van der Waals surface area contributed by atoms with Crippen LogP contribution in [0.15, 0.2) is 24.5 Å². The van der Waals surface area contributed by atoms with Gasteiger partial charge >= 0.3 is 0 Å². The zero-order valence-corrected chi connectivity index (χ0v) is 15.9. The lowest BCUT2D eigenvalue weighted by Gasteiger charge is -2.41. The fraction of sp³-hybridized carbons (Fsp3) is 0.550. The van der Waals surface area contributed by atoms with Crippen molar-refractivity contribution in [1.29, 1.82) is 0 Å². The monoisotopic (exact) mass is 371 g/mol. The van der Waals surface area contributed by atoms with E-state index in [0.717, 1.165) is 48.1 Å². The van der Waals surface area contributed by atoms with Crippen LogP contribution in [0.4, 0.5) is 5.69 Å². The number of nitrogens with zero attached hydrogens (tertiary/aromatic N) is 3. The Bertz CT molecular complexity index is 797. The average Bonchev–Trinajstić information content (AvgIpc) is 2.66. The van der Waals surface area contributed by atoms with Crippen molar-refractivity contribution in [2.75, 3.05) is 31.1 Å². The second kappa shape index (κ2) is 8.63. The molecule has 7 nitrogen and oxygen atoms in total. The van der Waals surface area contributed by atoms with E-state index in [9.17, 15) is 9.90 Å². The summed E-state index contributed by atoms with van der Waals surface area (Å²) in [5, 5.41) is 14.9. The Labute approximate surface area is 160 Å². The molecule has 0 spiro atoms. The number of nitrogens with two attached hydrogens (primary N) is 1. The van der Waals surface area contributed by atoms with E-state index in [0.29, 0.717) is 25.9 Å². The summed E-state index contributed by atoms with van der Waals surface area (Å²) < 4.78 is 0. The number of carbonyl (C=O) groups excluding carboxylic acids is 1. The second-order valence-corrected chi connectivity index (χ2v) is 7.45. The van der Waals surface area contributed by atoms with Crippen LogP contribution in [-0.4, -0.2) is 52.8 Å². The number of piperidine rings is 1. The highest BCUT2D eigenvalue weighted by Crippen LogP contribution is 2.31. The molecule has 1 atom stereocenters. The van der Waals surface area contributed by atoms with Gasteiger partial charge in [-0.15, -0.1) is 0 Å². The van der Waals surface area contributed by atoms with Crippen molar-refractivity contribution in [3.63, 3.8) is 0 Å². The number of β-amino-alcohol motifs (C(OH)–C–C–N with tert-alkyl or cyclic N) is 1. The molecular formula is C20H29N5O2. The first-order chi connectivity index (χ1) is 13.0. The number of nitrogens with one attached hydrogen (secondary N) is 1. The minimum Gasteiger partial charge on any atom is -0.386 e. The van der Waals surface area contributed by atoms with Gasteiger partial charge in [-0.3, -0.25) is 14.8 Å². The number of fused-ring (bicyclic) bond motifs is 1. The van der Waals surface area contributed by atoms with Crippen molar-refractivity contribution < 1.29 is 9.90 Å². The normalized spacial score (nSPS) is 20.0. The Morgan fingerprint density at radius 3 is 3.11 bits per heavy atom. The molecule has 0 saturated carbocycles. The molecule has 0 bridgehead atoms. The minimum absolute atomic E-state index is 0.0246. The predicted molar refractivity (Wildman–Crippen MR) is 107 cm³/mol. The van der Waals surface area contributed by atoms with E-state index >= 15 is 0 Å². The molecule has 0 radical (unpaired) electrons. The summed E-state index contributed by atoms with van der Waals surface area (Å²) in [5.74, 6) is -0.0246. The number of aliphatic hydroxyl groups is 1. The molecule has 1 aliphatic heterocycles. The molecule has 2 aromatic heterocycles. The SMILES string of the molecule is Cc1cc(N2CCC[C@@](O)(CNC(=O)CCCCN)C2)c2cnccc2n1. The molecule has 4 N–H and O–H groups in total. The van der Waals surface area contributed by atoms with Gasteiger partial charge in [0.1, 0.15) is 0 Å². The van der Waals surface area contributed by atoms with Gasteiger partial charge in [0.05, 0.1) is 11.1 Å². The van der Waals surface area contributed by atoms with Crippen LogP contribution >= 0.6 is 0 Å². The number of amides is 1. The highest BCUT2D eigenvalue weighted by Gasteiger charge is 2.34. The van der Waals surface area contributed by atoms with Crippen LogP contribution in [0.5, 0.6) is 0 Å². The van der Waals surface area contributed by atoms with Gasteiger partial charge in [0.2, 0.25) is 5.91 Å². The van der Waals surface area contributed by atoms with E-state index in [4.69, 9.17) is 5.73 Å². The zero-order chi connectivity index (χ0) is 19.3. The van der Waals surface area contributed by atoms with Crippen LogP contribution in [0.3, 0.4) is 0 Å². The summed E-state index contributed by atoms with van der Waals surface area (Å²) >= 11 is 0. The van der Waals surface area contributed by atoms with Crippen LogP contribution < -0.4 is 16.0 Å². The first kappa shape index (κ1) is 19.5. The molecule has 3 heterocycles. The summed E-state index contributed by atoms with van der Waals surface area (Å²) in [6.07, 6.45) is 7.18. The van der Waals surface area contributed by atoms with Crippen molar-refractivity contribution in [3.05, 3.63) is 30.2 Å². The van der Waals surface area contributed by atoms with E-state index in [1.807, 2.05) is 25.3 Å². The number of aryl methyl sites for hydroxylation is 1. The van der Waals surface area contributed by atoms with Gasteiger partial charge < -0.3 is 21.1 Å². The molecule has 2 aromatic rings. The first-order valence-corrected chi connectivity index (χ1v) is 9.66. The molecule has 146 valence electrons. The smallest absolute Gasteiger partial charge is 0.220 e. The lowest BCUT2D eigenvalue weighted by atomic mass is 9.92. The van der Waals surface area contributed by atoms with E-state index in [-0.39, 0.29) is 12.5 Å². The van der Waals surface area contributed by atoms with Crippen LogP contribution in [0.2, 0.25) is 0 Å². The maximum absolute atomic E-state index is 12.0. The van der Waals surface area contributed by atoms with Gasteiger partial charge in [-0.25, -0.2) is 0 Å². The Balaban J connectivity index is 1.70. The highest BCUT2D eigenvalue weighted by molar-refractivity contribution is 5.91. The van der Waals surface area contributed by atoms with Crippen LogP contribution in [0.25, 0.3) is 10.9 Å². The third-order valence-corrected chi connectivity index (χ3v) is 5.09. The summed E-state index contributed by atoms with van der Waals surface area (Å²) in [6, 6.07) is 3.95. The zero-order valence-electron chi connectivity index (χ0n) is 15.9. The van der Waals surface area contributed by atoms with Gasteiger partial charge in [-0.1, -0.05) is 0 Å². The number of unbranched alkanes of at least 4 members (excludes halogenated alkanes) is 1. The lowest BCUT2D eigenvalue weighted by Crippen LogP contribution is -2.54. The third-order valence-electron chi connectivity index (χ3n) is 5.09. The molecule has 0 aliphatic carbocycles. The maximum atomic E-state index is 12.0. The highest BCUT2D eigenvalue weighted by atomic mass is 16.3. The maximum Gasteiger partial charge on any atom is 0.220 e. The molecule has 0 aromatic carbocycles. The molecule has 7 heteroatoms. The van der Waals surface area contributed by atoms with Crippen molar-refractivity contribution >= 4 is 22.5 Å². The fourth-order valence-electron chi connectivity index (χ4n) is 3.69. The molecule has 0 unspecified atom stereocenters. The Kier molecular flexibility index (Phi) is 6.23. The molecule has 27 heavy (non-hydrogen) atoms. The van der Waals surface area contributed by atoms with Gasteiger partial charge in [0.15, 0.2) is 0 Å². The summed E-state index contributed by atoms with van der Waals surface area (Å²) in [4.78, 5) is 23.0. The number of hydrogen-bond acceptors (Lipinski definition) is 6. The molecule has 1 fully saturated rings. The topological polar surface area (TPSA) is 104 Å². The summed E-state index contributed by atoms with van der Waals surface area (Å²) in [6.45, 7) is 4.18. The number of rotatable bonds is 7. The van der Waals surface area contributed by atoms with Crippen LogP contribution in [-0.2, 0) is 4.79 Å². The molecule has 1 aliphatic rings. The van der Waals surface area contributed by atoms with Gasteiger partial charge in [0, 0.05) is 55.2 Å². The van der Waals surface area contributed by atoms with E-state index in [1.54, 1.807) is 6.20 Å². The Morgan fingerprint density at radius 1 is 1.44 bits per heavy atom. The molecule has 3 rings (SSSR count). The number of pyridine rings is 2. The molecule has 1 amide bonds. The van der Waals surface area contributed by atoms with Crippen molar-refractivity contribution in [2.24, 2.45) is 5.73 Å².